The van der Waals surface area contributed by atoms with E-state index in [2.05, 4.69) is 19.2 Å². The maximum absolute atomic E-state index is 12.2. The Morgan fingerprint density at radius 2 is 1.91 bits per heavy atom. The average Bonchev–Trinajstić information content (AvgIpc) is 2.62. The summed E-state index contributed by atoms with van der Waals surface area (Å²) in [7, 11) is 1.75. The first kappa shape index (κ1) is 19.2. The topological polar surface area (TPSA) is 50.8 Å². The van der Waals surface area contributed by atoms with Gasteiger partial charge in [0, 0.05) is 26.2 Å². The molecule has 0 bridgehead atoms. The van der Waals surface area contributed by atoms with Crippen LogP contribution in [0.4, 0.5) is 4.79 Å². The number of nitrogens with one attached hydrogen (secondary N) is 1. The third-order valence-electron chi connectivity index (χ3n) is 4.04. The molecule has 0 saturated carbocycles. The summed E-state index contributed by atoms with van der Waals surface area (Å²) in [5, 5.41) is 3.57. The van der Waals surface area contributed by atoms with Crippen LogP contribution in [0, 0.1) is 0 Å². The van der Waals surface area contributed by atoms with E-state index in [4.69, 9.17) is 9.47 Å². The highest BCUT2D eigenvalue weighted by Gasteiger charge is 2.26. The molecule has 1 rings (SSSR count). The molecule has 5 nitrogen and oxygen atoms in total. The summed E-state index contributed by atoms with van der Waals surface area (Å²) >= 11 is 0. The van der Waals surface area contributed by atoms with Gasteiger partial charge in [0.25, 0.3) is 0 Å². The molecule has 0 spiro atoms. The van der Waals surface area contributed by atoms with Gasteiger partial charge in [-0.1, -0.05) is 6.42 Å². The minimum atomic E-state index is -0.436. The molecule has 1 aliphatic rings. The van der Waals surface area contributed by atoms with Gasteiger partial charge in [-0.25, -0.2) is 4.79 Å². The van der Waals surface area contributed by atoms with Gasteiger partial charge in [0.05, 0.1) is 5.60 Å². The monoisotopic (exact) mass is 314 g/mol. The Hall–Kier alpha value is -0.810. The minimum absolute atomic E-state index is 0.109. The number of likely N-dealkylation sites (tertiary alicyclic amines) is 1. The van der Waals surface area contributed by atoms with Crippen LogP contribution in [0.2, 0.25) is 0 Å². The van der Waals surface area contributed by atoms with E-state index in [0.717, 1.165) is 45.3 Å². The molecule has 1 amide bonds. The smallest absolute Gasteiger partial charge is 0.410 e. The molecule has 0 aromatic heterocycles. The van der Waals surface area contributed by atoms with E-state index in [1.54, 1.807) is 7.11 Å². The van der Waals surface area contributed by atoms with Crippen LogP contribution in [0.25, 0.3) is 0 Å². The molecule has 1 aliphatic heterocycles. The van der Waals surface area contributed by atoms with Crippen LogP contribution in [0.3, 0.4) is 0 Å². The number of carbonyl (C=O) groups excluding carboxylic acids is 1. The predicted octanol–water partition coefficient (Wildman–Crippen LogP) is 3.18. The molecule has 1 N–H and O–H groups in total. The number of rotatable bonds is 5. The molecule has 0 radical (unpaired) electrons. The summed E-state index contributed by atoms with van der Waals surface area (Å²) in [5.41, 5.74) is -0.544. The van der Waals surface area contributed by atoms with Gasteiger partial charge in [-0.05, 0) is 60.4 Å². The lowest BCUT2D eigenvalue weighted by atomic mass is 10.0. The maximum Gasteiger partial charge on any atom is 0.410 e. The van der Waals surface area contributed by atoms with Crippen LogP contribution >= 0.6 is 0 Å². The van der Waals surface area contributed by atoms with Gasteiger partial charge in [0.15, 0.2) is 0 Å². The van der Waals surface area contributed by atoms with E-state index >= 15 is 0 Å². The molecule has 0 aromatic carbocycles. The van der Waals surface area contributed by atoms with Crippen LogP contribution in [0.5, 0.6) is 0 Å². The summed E-state index contributed by atoms with van der Waals surface area (Å²) in [6.45, 7) is 12.3. The summed E-state index contributed by atoms with van der Waals surface area (Å²) in [6, 6.07) is 0.336. The highest BCUT2D eigenvalue weighted by atomic mass is 16.6. The van der Waals surface area contributed by atoms with Crippen molar-refractivity contribution in [2.24, 2.45) is 0 Å². The van der Waals surface area contributed by atoms with Gasteiger partial charge in [-0.15, -0.1) is 0 Å². The van der Waals surface area contributed by atoms with Crippen molar-refractivity contribution in [3.05, 3.63) is 0 Å². The van der Waals surface area contributed by atoms with E-state index in [1.807, 2.05) is 25.7 Å². The van der Waals surface area contributed by atoms with Crippen LogP contribution in [0.15, 0.2) is 0 Å². The SMILES string of the molecule is COC(C)(C)CCNC1CCCCN(C(=O)OC(C)(C)C)C1. The second-order valence-electron chi connectivity index (χ2n) is 7.79. The molecule has 0 aliphatic carbocycles. The van der Waals surface area contributed by atoms with Crippen molar-refractivity contribution in [2.45, 2.75) is 77.5 Å². The average molecular weight is 314 g/mol. The fourth-order valence-electron chi connectivity index (χ4n) is 2.48. The second-order valence-corrected chi connectivity index (χ2v) is 7.79. The fraction of sp³-hybridized carbons (Fsp3) is 0.941. The molecule has 22 heavy (non-hydrogen) atoms. The fourth-order valence-corrected chi connectivity index (χ4v) is 2.48. The van der Waals surface area contributed by atoms with Crippen molar-refractivity contribution in [1.82, 2.24) is 10.2 Å². The summed E-state index contributed by atoms with van der Waals surface area (Å²) in [5.74, 6) is 0. The Labute approximate surface area is 135 Å². The number of carbonyl (C=O) groups is 1. The molecule has 0 aromatic rings. The molecule has 1 atom stereocenters. The highest BCUT2D eigenvalue weighted by Crippen LogP contribution is 2.16. The molecule has 130 valence electrons. The zero-order chi connectivity index (χ0) is 16.8. The maximum atomic E-state index is 12.2. The largest absolute Gasteiger partial charge is 0.444 e. The van der Waals surface area contributed by atoms with E-state index in [-0.39, 0.29) is 11.7 Å². The minimum Gasteiger partial charge on any atom is -0.444 e. The number of amides is 1. The Morgan fingerprint density at radius 3 is 2.50 bits per heavy atom. The molecule has 1 unspecified atom stereocenters. The Balaban J connectivity index is 2.46. The predicted molar refractivity (Wildman–Crippen MR) is 89.2 cm³/mol. The number of ether oxygens (including phenoxy) is 2. The number of nitrogens with zero attached hydrogens (tertiary/aromatic N) is 1. The van der Waals surface area contributed by atoms with Gasteiger partial charge in [-0.3, -0.25) is 0 Å². The Bertz CT molecular complexity index is 350. The zero-order valence-electron chi connectivity index (χ0n) is 15.2. The second kappa shape index (κ2) is 8.16. The number of hydrogen-bond acceptors (Lipinski definition) is 4. The van der Waals surface area contributed by atoms with Gasteiger partial charge < -0.3 is 19.7 Å². The van der Waals surface area contributed by atoms with Crippen LogP contribution in [-0.4, -0.2) is 55.0 Å². The lowest BCUT2D eigenvalue weighted by Gasteiger charge is -2.29. The van der Waals surface area contributed by atoms with Gasteiger partial charge in [-0.2, -0.15) is 0 Å². The third-order valence-corrected chi connectivity index (χ3v) is 4.04. The molecule has 1 saturated heterocycles. The van der Waals surface area contributed by atoms with Crippen molar-refractivity contribution in [1.29, 1.82) is 0 Å². The first-order valence-corrected chi connectivity index (χ1v) is 8.39. The molecular formula is C17H34N2O3. The third kappa shape index (κ3) is 7.45. The number of methoxy groups -OCH3 is 1. The molecule has 1 heterocycles. The quantitative estimate of drug-likeness (QED) is 0.847. The van der Waals surface area contributed by atoms with Crippen molar-refractivity contribution < 1.29 is 14.3 Å². The van der Waals surface area contributed by atoms with E-state index in [0.29, 0.717) is 6.04 Å². The lowest BCUT2D eigenvalue weighted by molar-refractivity contribution is 0.0139. The summed E-state index contributed by atoms with van der Waals surface area (Å²) < 4.78 is 10.9. The van der Waals surface area contributed by atoms with Gasteiger partial charge in [0.1, 0.15) is 5.60 Å². The highest BCUT2D eigenvalue weighted by molar-refractivity contribution is 5.68. The van der Waals surface area contributed by atoms with E-state index in [1.165, 1.54) is 0 Å². The van der Waals surface area contributed by atoms with Crippen LogP contribution in [0.1, 0.15) is 60.3 Å². The van der Waals surface area contributed by atoms with Crippen molar-refractivity contribution in [3.8, 4) is 0 Å². The molecular weight excluding hydrogens is 280 g/mol. The zero-order valence-corrected chi connectivity index (χ0v) is 15.2. The van der Waals surface area contributed by atoms with Gasteiger partial charge >= 0.3 is 6.09 Å². The van der Waals surface area contributed by atoms with Crippen molar-refractivity contribution in [3.63, 3.8) is 0 Å². The number of hydrogen-bond donors (Lipinski definition) is 1. The Kier molecular flexibility index (Phi) is 7.13. The van der Waals surface area contributed by atoms with E-state index in [9.17, 15) is 4.79 Å². The Morgan fingerprint density at radius 1 is 1.23 bits per heavy atom. The van der Waals surface area contributed by atoms with Crippen molar-refractivity contribution >= 4 is 6.09 Å². The van der Waals surface area contributed by atoms with Crippen molar-refractivity contribution in [2.75, 3.05) is 26.7 Å². The molecule has 1 fully saturated rings. The lowest BCUT2D eigenvalue weighted by Crippen LogP contribution is -2.45. The standard InChI is InChI=1S/C17H34N2O3/c1-16(2,3)22-15(20)19-12-8-7-9-14(13-19)18-11-10-17(4,5)21-6/h14,18H,7-13H2,1-6H3. The van der Waals surface area contributed by atoms with E-state index < -0.39 is 5.60 Å². The summed E-state index contributed by atoms with van der Waals surface area (Å²) in [6.07, 6.45) is 4.04. The first-order chi connectivity index (χ1) is 10.1. The summed E-state index contributed by atoms with van der Waals surface area (Å²) in [4.78, 5) is 14.1. The van der Waals surface area contributed by atoms with Crippen LogP contribution in [-0.2, 0) is 9.47 Å². The van der Waals surface area contributed by atoms with Gasteiger partial charge in [0.2, 0.25) is 0 Å². The molecule has 5 heteroatoms. The normalized spacial score (nSPS) is 20.6. The van der Waals surface area contributed by atoms with Crippen LogP contribution < -0.4 is 5.32 Å². The first-order valence-electron chi connectivity index (χ1n) is 8.39.